The molecule has 3 aliphatic rings. The van der Waals surface area contributed by atoms with E-state index in [4.69, 9.17) is 0 Å². The van der Waals surface area contributed by atoms with Crippen molar-refractivity contribution in [3.05, 3.63) is 29.3 Å². The van der Waals surface area contributed by atoms with E-state index >= 15 is 0 Å². The smallest absolute Gasteiger partial charge is 0.453 e. The van der Waals surface area contributed by atoms with Crippen LogP contribution in [0.25, 0.3) is 0 Å². The maximum atomic E-state index is 13.1. The van der Waals surface area contributed by atoms with Gasteiger partial charge in [-0.05, 0) is 121 Å². The molecule has 0 heterocycles. The molecule has 2 fully saturated rings. The number of hydrogen-bond donors (Lipinski definition) is 2. The summed E-state index contributed by atoms with van der Waals surface area (Å²) in [6, 6.07) is 5.98. The van der Waals surface area contributed by atoms with Crippen LogP contribution in [0.15, 0.2) is 18.2 Å². The molecule has 1 aromatic rings. The van der Waals surface area contributed by atoms with Crippen molar-refractivity contribution in [3.63, 3.8) is 0 Å². The number of rotatable bonds is 14. The van der Waals surface area contributed by atoms with Crippen LogP contribution < -0.4 is 0 Å². The van der Waals surface area contributed by atoms with Crippen LogP contribution in [0.2, 0.25) is 0 Å². The van der Waals surface area contributed by atoms with Crippen LogP contribution >= 0.6 is 0 Å². The topological polar surface area (TPSA) is 40.5 Å². The summed E-state index contributed by atoms with van der Waals surface area (Å²) in [7, 11) is -0.105. The quantitative estimate of drug-likeness (QED) is 0.126. The molecule has 4 rings (SSSR count). The molecule has 41 heavy (non-hydrogen) atoms. The fourth-order valence-electron chi connectivity index (χ4n) is 8.45. The molecule has 2 N–H and O–H groups in total. The second-order valence-electron chi connectivity index (χ2n) is 13.5. The van der Waals surface area contributed by atoms with Gasteiger partial charge in [0.15, 0.2) is 0 Å². The fraction of sp³-hybridized carbons (Fsp3) is 0.818. The Bertz CT molecular complexity index is 985. The van der Waals surface area contributed by atoms with Gasteiger partial charge >= 0.3 is 12.1 Å². The number of aliphatic hydroxyl groups is 1. The largest absolute Gasteiger partial charge is 0.508 e. The molecule has 8 heteroatoms. The van der Waals surface area contributed by atoms with Crippen LogP contribution in [0.1, 0.15) is 114 Å². The van der Waals surface area contributed by atoms with Crippen molar-refractivity contribution in [2.75, 3.05) is 17.8 Å². The number of fused-ring (bicyclic) bond motifs is 5. The van der Waals surface area contributed by atoms with Crippen LogP contribution in [0, 0.1) is 23.2 Å². The van der Waals surface area contributed by atoms with Gasteiger partial charge in [-0.3, -0.25) is 0 Å². The SMILES string of the molecule is C[S+](CCCCCCCCC[C@@H]1Cc2cc(O)ccc2C2CC[C@@]3(C)C(CC[C@@H]3O)C21)CCCC(F)(F)C(F)(F)F. The Kier molecular flexibility index (Phi) is 11.0. The second-order valence-corrected chi connectivity index (χ2v) is 15.9. The lowest BCUT2D eigenvalue weighted by atomic mass is 9.52. The third kappa shape index (κ3) is 7.74. The average molecular weight is 606 g/mol. The molecule has 0 radical (unpaired) electrons. The highest BCUT2D eigenvalue weighted by molar-refractivity contribution is 7.96. The summed E-state index contributed by atoms with van der Waals surface area (Å²) in [4.78, 5) is 0. The lowest BCUT2D eigenvalue weighted by Crippen LogP contribution is -2.47. The zero-order chi connectivity index (χ0) is 29.8. The maximum Gasteiger partial charge on any atom is 0.453 e. The normalized spacial score (nSPS) is 30.5. The number of aromatic hydroxyl groups is 1. The summed E-state index contributed by atoms with van der Waals surface area (Å²) in [5.41, 5.74) is 2.80. The van der Waals surface area contributed by atoms with E-state index in [-0.39, 0.29) is 28.8 Å². The number of unbranched alkanes of at least 4 members (excludes halogenated alkanes) is 6. The molecule has 0 amide bonds. The van der Waals surface area contributed by atoms with Gasteiger partial charge < -0.3 is 10.2 Å². The second kappa shape index (κ2) is 13.7. The molecular weight excluding hydrogens is 555 g/mol. The summed E-state index contributed by atoms with van der Waals surface area (Å²) < 4.78 is 63.0. The highest BCUT2D eigenvalue weighted by atomic mass is 32.2. The zero-order valence-corrected chi connectivity index (χ0v) is 25.6. The van der Waals surface area contributed by atoms with Crippen molar-refractivity contribution >= 4 is 10.9 Å². The van der Waals surface area contributed by atoms with Crippen molar-refractivity contribution in [3.8, 4) is 5.75 Å². The van der Waals surface area contributed by atoms with Crippen molar-refractivity contribution in [2.45, 2.75) is 127 Å². The Morgan fingerprint density at radius 3 is 2.27 bits per heavy atom. The number of phenols is 1. The Balaban J connectivity index is 1.15. The van der Waals surface area contributed by atoms with Crippen molar-refractivity contribution in [1.29, 1.82) is 0 Å². The molecule has 2 nitrogen and oxygen atoms in total. The van der Waals surface area contributed by atoms with E-state index in [2.05, 4.69) is 13.0 Å². The highest BCUT2D eigenvalue weighted by Gasteiger charge is 2.57. The monoisotopic (exact) mass is 605 g/mol. The van der Waals surface area contributed by atoms with E-state index < -0.39 is 18.5 Å². The fourth-order valence-corrected chi connectivity index (χ4v) is 9.99. The predicted molar refractivity (Wildman–Crippen MR) is 158 cm³/mol. The molecule has 0 aliphatic heterocycles. The number of phenolic OH excluding ortho intramolecular Hbond substituents is 1. The standard InChI is InChI=1S/C33H49F5O2S/c1-31-18-16-27-26-13-12-25(39)22-24(26)21-23(30(27)28(31)14-15-29(31)40)11-8-6-4-3-5-7-9-19-41(2)20-10-17-32(34,35)33(36,37)38/h12-13,22-23,27-30,40H,3-11,14-21H2,1-2H3/p+1/t23-,27?,28?,29+,30?,31+,41?/m1/s1. The van der Waals surface area contributed by atoms with Crippen molar-refractivity contribution < 1.29 is 32.2 Å². The summed E-state index contributed by atoms with van der Waals surface area (Å²) in [6.45, 7) is 2.32. The van der Waals surface area contributed by atoms with Gasteiger partial charge in [0.25, 0.3) is 0 Å². The first kappa shape index (κ1) is 32.9. The molecule has 234 valence electrons. The number of hydrogen-bond acceptors (Lipinski definition) is 2. The number of benzene rings is 1. The van der Waals surface area contributed by atoms with E-state index in [0.29, 0.717) is 35.2 Å². The first-order valence-corrected chi connectivity index (χ1v) is 17.8. The van der Waals surface area contributed by atoms with Gasteiger partial charge in [-0.1, -0.05) is 45.1 Å². The molecule has 7 atom stereocenters. The minimum absolute atomic E-state index is 0.0417. The van der Waals surface area contributed by atoms with Crippen LogP contribution in [0.3, 0.4) is 0 Å². The number of alkyl halides is 5. The van der Waals surface area contributed by atoms with Crippen LogP contribution in [-0.2, 0) is 17.3 Å². The molecule has 0 spiro atoms. The molecule has 4 unspecified atom stereocenters. The van der Waals surface area contributed by atoms with E-state index in [0.717, 1.165) is 57.1 Å². The summed E-state index contributed by atoms with van der Waals surface area (Å²) in [5, 5.41) is 21.0. The van der Waals surface area contributed by atoms with Gasteiger partial charge in [0.2, 0.25) is 0 Å². The van der Waals surface area contributed by atoms with Crippen LogP contribution in [0.4, 0.5) is 22.0 Å². The van der Waals surface area contributed by atoms with E-state index in [1.54, 1.807) is 0 Å². The molecular formula is C33H50F5O2S+. The van der Waals surface area contributed by atoms with Crippen molar-refractivity contribution in [1.82, 2.24) is 0 Å². The van der Waals surface area contributed by atoms with Gasteiger partial charge in [0, 0.05) is 6.42 Å². The van der Waals surface area contributed by atoms with Gasteiger partial charge in [0.1, 0.15) is 17.3 Å². The molecule has 2 saturated carbocycles. The first-order valence-electron chi connectivity index (χ1n) is 15.9. The molecule has 3 aliphatic carbocycles. The Labute approximate surface area is 246 Å². The minimum Gasteiger partial charge on any atom is -0.508 e. The first-order chi connectivity index (χ1) is 19.3. The zero-order valence-electron chi connectivity index (χ0n) is 24.8. The van der Waals surface area contributed by atoms with Gasteiger partial charge in [-0.25, -0.2) is 0 Å². The van der Waals surface area contributed by atoms with Gasteiger partial charge in [0.05, 0.1) is 12.4 Å². The molecule has 0 bridgehead atoms. The Morgan fingerprint density at radius 1 is 0.902 bits per heavy atom. The van der Waals surface area contributed by atoms with Crippen LogP contribution in [0.5, 0.6) is 5.75 Å². The lowest BCUT2D eigenvalue weighted by molar-refractivity contribution is -0.284. The third-order valence-electron chi connectivity index (χ3n) is 10.8. The summed E-state index contributed by atoms with van der Waals surface area (Å²) in [5.74, 6) is -0.529. The Morgan fingerprint density at radius 2 is 1.56 bits per heavy atom. The summed E-state index contributed by atoms with van der Waals surface area (Å²) >= 11 is 0. The Hall–Kier alpha value is -1.02. The highest BCUT2D eigenvalue weighted by Crippen LogP contribution is 2.62. The third-order valence-corrected chi connectivity index (χ3v) is 12.8. The minimum atomic E-state index is -5.44. The summed E-state index contributed by atoms with van der Waals surface area (Å²) in [6.07, 6.45) is 9.68. The predicted octanol–water partition coefficient (Wildman–Crippen LogP) is 9.18. The maximum absolute atomic E-state index is 13.1. The van der Waals surface area contributed by atoms with E-state index in [9.17, 15) is 32.2 Å². The average Bonchev–Trinajstić information content (AvgIpc) is 3.20. The number of halogens is 5. The molecule has 1 aromatic carbocycles. The lowest BCUT2D eigenvalue weighted by Gasteiger charge is -2.53. The molecule has 0 aromatic heterocycles. The van der Waals surface area contributed by atoms with E-state index in [1.807, 2.05) is 18.4 Å². The number of aliphatic hydroxyl groups excluding tert-OH is 1. The van der Waals surface area contributed by atoms with Crippen LogP contribution in [-0.4, -0.2) is 46.2 Å². The molecule has 0 saturated heterocycles. The van der Waals surface area contributed by atoms with Gasteiger partial charge in [-0.2, -0.15) is 22.0 Å². The van der Waals surface area contributed by atoms with Gasteiger partial charge in [-0.15, -0.1) is 0 Å². The van der Waals surface area contributed by atoms with E-state index in [1.165, 1.54) is 43.2 Å². The van der Waals surface area contributed by atoms with Crippen molar-refractivity contribution in [2.24, 2.45) is 23.2 Å².